The molecular formula is C20H21N3O3S. The van der Waals surface area contributed by atoms with Crippen molar-refractivity contribution >= 4 is 17.6 Å². The molecule has 0 aliphatic heterocycles. The highest BCUT2D eigenvalue weighted by Gasteiger charge is 2.13. The third-order valence-electron chi connectivity index (χ3n) is 3.70. The van der Waals surface area contributed by atoms with E-state index in [9.17, 15) is 0 Å². The number of rotatable bonds is 7. The summed E-state index contributed by atoms with van der Waals surface area (Å²) in [4.78, 5) is 5.37. The van der Waals surface area contributed by atoms with Crippen LogP contribution in [0.2, 0.25) is 0 Å². The zero-order valence-electron chi connectivity index (χ0n) is 15.5. The minimum Gasteiger partial charge on any atom is -0.497 e. The van der Waals surface area contributed by atoms with Gasteiger partial charge in [-0.15, -0.1) is 11.3 Å². The number of ether oxygens (including phenoxy) is 2. The number of aromatic nitrogens is 1. The van der Waals surface area contributed by atoms with Gasteiger partial charge in [-0.3, -0.25) is 4.99 Å². The highest BCUT2D eigenvalue weighted by Crippen LogP contribution is 2.33. The van der Waals surface area contributed by atoms with Gasteiger partial charge in [0.25, 0.3) is 0 Å². The highest BCUT2D eigenvalue weighted by molar-refractivity contribution is 7.07. The molecule has 0 radical (unpaired) electrons. The van der Waals surface area contributed by atoms with Crippen LogP contribution in [0.25, 0.3) is 11.3 Å². The van der Waals surface area contributed by atoms with Crippen LogP contribution in [0.1, 0.15) is 12.7 Å². The van der Waals surface area contributed by atoms with Gasteiger partial charge in [0, 0.05) is 17.0 Å². The average molecular weight is 383 g/mol. The van der Waals surface area contributed by atoms with E-state index in [2.05, 4.69) is 16.7 Å². The van der Waals surface area contributed by atoms with Crippen molar-refractivity contribution in [1.29, 1.82) is 0 Å². The molecule has 0 atom stereocenters. The Hall–Kier alpha value is -3.06. The van der Waals surface area contributed by atoms with E-state index in [1.165, 1.54) is 11.3 Å². The molecule has 0 saturated heterocycles. The predicted molar refractivity (Wildman–Crippen MR) is 108 cm³/mol. The second kappa shape index (κ2) is 8.55. The van der Waals surface area contributed by atoms with Gasteiger partial charge in [-0.05, 0) is 31.2 Å². The van der Waals surface area contributed by atoms with Gasteiger partial charge in [0.15, 0.2) is 0 Å². The average Bonchev–Trinajstić information content (AvgIpc) is 3.33. The Kier molecular flexibility index (Phi) is 5.93. The molecule has 6 nitrogen and oxygen atoms in total. The Morgan fingerprint density at radius 1 is 1.30 bits per heavy atom. The first-order chi connectivity index (χ1) is 13.1. The van der Waals surface area contributed by atoms with Crippen LogP contribution in [0.3, 0.4) is 0 Å². The van der Waals surface area contributed by atoms with Crippen molar-refractivity contribution in [2.75, 3.05) is 20.8 Å². The number of thiazole rings is 1. The van der Waals surface area contributed by atoms with Gasteiger partial charge < -0.3 is 13.9 Å². The van der Waals surface area contributed by atoms with Crippen LogP contribution in [-0.4, -0.2) is 31.7 Å². The molecule has 2 aromatic heterocycles. The summed E-state index contributed by atoms with van der Waals surface area (Å²) < 4.78 is 18.0. The SMILES string of the molecule is C=C(C)CN=c1scc(-c2ccc(OC)cc2OC)n1N=Cc1ccco1. The number of benzene rings is 1. The van der Waals surface area contributed by atoms with Crippen LogP contribution in [0.15, 0.2) is 68.6 Å². The Morgan fingerprint density at radius 3 is 2.81 bits per heavy atom. The fourth-order valence-electron chi connectivity index (χ4n) is 2.40. The van der Waals surface area contributed by atoms with E-state index < -0.39 is 0 Å². The minimum absolute atomic E-state index is 0.538. The Labute approximate surface area is 161 Å². The van der Waals surface area contributed by atoms with Crippen LogP contribution >= 0.6 is 11.3 Å². The molecule has 2 heterocycles. The normalized spacial score (nSPS) is 11.9. The zero-order valence-corrected chi connectivity index (χ0v) is 16.3. The van der Waals surface area contributed by atoms with E-state index in [0.717, 1.165) is 27.4 Å². The first kappa shape index (κ1) is 18.7. The topological polar surface area (TPSA) is 61.2 Å². The second-order valence-electron chi connectivity index (χ2n) is 5.81. The van der Waals surface area contributed by atoms with Crippen LogP contribution in [0.4, 0.5) is 0 Å². The Balaban J connectivity index is 2.13. The van der Waals surface area contributed by atoms with Crippen molar-refractivity contribution in [3.05, 3.63) is 64.7 Å². The summed E-state index contributed by atoms with van der Waals surface area (Å²) in [6, 6.07) is 9.34. The quantitative estimate of drug-likeness (QED) is 0.454. The lowest BCUT2D eigenvalue weighted by Crippen LogP contribution is -2.13. The standard InChI is InChI=1S/C20H21N3O3S/c1-14(2)11-21-20-23(22-12-16-6-5-9-26-16)18(13-27-20)17-8-7-15(24-3)10-19(17)25-4/h5-10,12-13H,1,11H2,2-4H3. The Morgan fingerprint density at radius 2 is 2.15 bits per heavy atom. The number of hydrogen-bond donors (Lipinski definition) is 0. The van der Waals surface area contributed by atoms with Gasteiger partial charge in [0.1, 0.15) is 17.3 Å². The second-order valence-corrected chi connectivity index (χ2v) is 6.65. The molecule has 0 fully saturated rings. The lowest BCUT2D eigenvalue weighted by Gasteiger charge is -2.10. The summed E-state index contributed by atoms with van der Waals surface area (Å²) in [6.07, 6.45) is 3.27. The van der Waals surface area contributed by atoms with Crippen LogP contribution < -0.4 is 14.3 Å². The fourth-order valence-corrected chi connectivity index (χ4v) is 3.23. The molecule has 1 aromatic carbocycles. The maximum absolute atomic E-state index is 5.55. The van der Waals surface area contributed by atoms with E-state index in [1.807, 2.05) is 42.6 Å². The summed E-state index contributed by atoms with van der Waals surface area (Å²) in [5.41, 5.74) is 2.74. The van der Waals surface area contributed by atoms with Crippen molar-refractivity contribution < 1.29 is 13.9 Å². The third kappa shape index (κ3) is 4.38. The summed E-state index contributed by atoms with van der Waals surface area (Å²) in [5, 5.41) is 6.58. The Bertz CT molecular complexity index is 1010. The first-order valence-corrected chi connectivity index (χ1v) is 9.16. The molecule has 0 unspecified atom stereocenters. The van der Waals surface area contributed by atoms with Crippen molar-refractivity contribution in [2.45, 2.75) is 6.92 Å². The predicted octanol–water partition coefficient (Wildman–Crippen LogP) is 4.19. The smallest absolute Gasteiger partial charge is 0.206 e. The maximum atomic E-state index is 5.55. The molecule has 140 valence electrons. The molecule has 3 aromatic rings. The molecule has 0 aliphatic rings. The molecule has 0 aliphatic carbocycles. The van der Waals surface area contributed by atoms with Gasteiger partial charge in [0.2, 0.25) is 4.80 Å². The van der Waals surface area contributed by atoms with E-state index in [0.29, 0.717) is 18.1 Å². The zero-order chi connectivity index (χ0) is 19.2. The number of methoxy groups -OCH3 is 2. The van der Waals surface area contributed by atoms with E-state index in [1.54, 1.807) is 31.4 Å². The molecule has 3 rings (SSSR count). The van der Waals surface area contributed by atoms with Gasteiger partial charge in [0.05, 0.1) is 38.9 Å². The van der Waals surface area contributed by atoms with E-state index in [-0.39, 0.29) is 0 Å². The molecule has 0 spiro atoms. The number of hydrogen-bond acceptors (Lipinski definition) is 6. The van der Waals surface area contributed by atoms with Crippen LogP contribution in [0.5, 0.6) is 11.5 Å². The molecule has 0 amide bonds. The summed E-state index contributed by atoms with van der Waals surface area (Å²) >= 11 is 1.50. The molecular weight excluding hydrogens is 362 g/mol. The van der Waals surface area contributed by atoms with Crippen molar-refractivity contribution in [1.82, 2.24) is 4.68 Å². The summed E-state index contributed by atoms with van der Waals surface area (Å²) in [7, 11) is 3.26. The van der Waals surface area contributed by atoms with Gasteiger partial charge in [-0.2, -0.15) is 5.10 Å². The molecule has 27 heavy (non-hydrogen) atoms. The van der Waals surface area contributed by atoms with Crippen LogP contribution in [-0.2, 0) is 0 Å². The van der Waals surface area contributed by atoms with Gasteiger partial charge in [-0.25, -0.2) is 4.68 Å². The summed E-state index contributed by atoms with van der Waals surface area (Å²) in [6.45, 7) is 6.40. The highest BCUT2D eigenvalue weighted by atomic mass is 32.1. The minimum atomic E-state index is 0.538. The van der Waals surface area contributed by atoms with Crippen molar-refractivity contribution in [3.63, 3.8) is 0 Å². The molecule has 0 N–H and O–H groups in total. The molecule has 0 bridgehead atoms. The molecule has 7 heteroatoms. The lowest BCUT2D eigenvalue weighted by molar-refractivity contribution is 0.395. The maximum Gasteiger partial charge on any atom is 0.206 e. The van der Waals surface area contributed by atoms with E-state index >= 15 is 0 Å². The van der Waals surface area contributed by atoms with E-state index in [4.69, 9.17) is 13.9 Å². The first-order valence-electron chi connectivity index (χ1n) is 8.28. The monoisotopic (exact) mass is 383 g/mol. The lowest BCUT2D eigenvalue weighted by atomic mass is 10.1. The van der Waals surface area contributed by atoms with Gasteiger partial charge in [-0.1, -0.05) is 12.2 Å². The largest absolute Gasteiger partial charge is 0.497 e. The van der Waals surface area contributed by atoms with Crippen molar-refractivity contribution in [2.24, 2.45) is 10.1 Å². The molecule has 0 saturated carbocycles. The van der Waals surface area contributed by atoms with Crippen molar-refractivity contribution in [3.8, 4) is 22.8 Å². The third-order valence-corrected chi connectivity index (χ3v) is 4.55. The van der Waals surface area contributed by atoms with Crippen LogP contribution in [0, 0.1) is 0 Å². The fraction of sp³-hybridized carbons (Fsp3) is 0.200. The number of nitrogens with zero attached hydrogens (tertiary/aromatic N) is 3. The summed E-state index contributed by atoms with van der Waals surface area (Å²) in [5.74, 6) is 2.08. The number of furan rings is 1. The van der Waals surface area contributed by atoms with Gasteiger partial charge >= 0.3 is 0 Å².